The minimum absolute atomic E-state index is 0.107. The molecule has 74 valence electrons. The van der Waals surface area contributed by atoms with Gasteiger partial charge >= 0.3 is 0 Å². The first-order valence-electron chi connectivity index (χ1n) is 3.96. The van der Waals surface area contributed by atoms with Crippen molar-refractivity contribution in [2.75, 3.05) is 12.0 Å². The van der Waals surface area contributed by atoms with Crippen LogP contribution in [0.15, 0.2) is 9.00 Å². The van der Waals surface area contributed by atoms with Gasteiger partial charge in [0.05, 0.1) is 9.90 Å². The van der Waals surface area contributed by atoms with E-state index in [0.717, 1.165) is 4.21 Å². The summed E-state index contributed by atoms with van der Waals surface area (Å²) >= 11 is 2.93. The van der Waals surface area contributed by atoms with Crippen LogP contribution in [0.5, 0.6) is 0 Å². The Labute approximate surface area is 88.5 Å². The number of aromatic amines is 1. The zero-order chi connectivity index (χ0) is 10.3. The smallest absolute Gasteiger partial charge is 0.268 e. The van der Waals surface area contributed by atoms with E-state index in [-0.39, 0.29) is 5.56 Å². The third kappa shape index (κ3) is 1.31. The molecule has 0 radical (unpaired) electrons. The number of thiophene rings is 1. The van der Waals surface area contributed by atoms with Gasteiger partial charge in [-0.25, -0.2) is 4.98 Å². The number of aromatic nitrogens is 2. The predicted octanol–water partition coefficient (Wildman–Crippen LogP) is 1.60. The molecule has 0 unspecified atom stereocenters. The van der Waals surface area contributed by atoms with Crippen LogP contribution in [0, 0.1) is 6.92 Å². The molecule has 6 heteroatoms. The number of hydrogen-bond donors (Lipinski definition) is 2. The largest absolute Gasteiger partial charge is 0.395 e. The first-order valence-corrected chi connectivity index (χ1v) is 6.00. The van der Waals surface area contributed by atoms with Gasteiger partial charge in [0.25, 0.3) is 5.56 Å². The van der Waals surface area contributed by atoms with Crippen molar-refractivity contribution >= 4 is 39.0 Å². The van der Waals surface area contributed by atoms with Crippen LogP contribution in [-0.2, 0) is 0 Å². The zero-order valence-electron chi connectivity index (χ0n) is 7.75. The summed E-state index contributed by atoms with van der Waals surface area (Å²) in [5.41, 5.74) is 7.00. The van der Waals surface area contributed by atoms with Gasteiger partial charge in [0.2, 0.25) is 0 Å². The average molecular weight is 227 g/mol. The number of rotatable bonds is 1. The molecule has 4 nitrogen and oxygen atoms in total. The summed E-state index contributed by atoms with van der Waals surface area (Å²) in [7, 11) is 0. The molecule has 0 aromatic carbocycles. The molecule has 0 bridgehead atoms. The molecule has 0 atom stereocenters. The molecular weight excluding hydrogens is 218 g/mol. The van der Waals surface area contributed by atoms with E-state index < -0.39 is 0 Å². The minimum Gasteiger partial charge on any atom is -0.395 e. The van der Waals surface area contributed by atoms with Gasteiger partial charge in [-0.15, -0.1) is 23.1 Å². The maximum Gasteiger partial charge on any atom is 0.268 e. The molecule has 0 saturated carbocycles. The van der Waals surface area contributed by atoms with Crippen molar-refractivity contribution in [3.63, 3.8) is 0 Å². The highest BCUT2D eigenvalue weighted by atomic mass is 32.2. The summed E-state index contributed by atoms with van der Waals surface area (Å²) in [5.74, 6) is 0.597. The van der Waals surface area contributed by atoms with Crippen LogP contribution >= 0.6 is 23.1 Å². The number of nitrogen functional groups attached to an aromatic ring is 1. The number of H-pyrrole nitrogens is 1. The monoisotopic (exact) mass is 227 g/mol. The molecule has 2 rings (SSSR count). The maximum atomic E-state index is 11.5. The molecular formula is C8H9N3OS2. The van der Waals surface area contributed by atoms with Crippen molar-refractivity contribution in [1.29, 1.82) is 0 Å². The fraction of sp³-hybridized carbons (Fsp3) is 0.250. The standard InChI is InChI=1S/C8H9N3OS2/c1-3-10-5-4(9)8(13-2)14-6(5)7(12)11-3/h9H2,1-2H3,(H,10,11,12). The highest BCUT2D eigenvalue weighted by Crippen LogP contribution is 2.36. The SMILES string of the molecule is CSc1sc2c(=O)[nH]c(C)nc2c1N. The zero-order valence-corrected chi connectivity index (χ0v) is 9.38. The van der Waals surface area contributed by atoms with Crippen molar-refractivity contribution in [1.82, 2.24) is 9.97 Å². The Morgan fingerprint density at radius 2 is 2.29 bits per heavy atom. The molecule has 2 heterocycles. The van der Waals surface area contributed by atoms with E-state index in [1.165, 1.54) is 23.1 Å². The minimum atomic E-state index is -0.107. The van der Waals surface area contributed by atoms with Crippen LogP contribution in [-0.4, -0.2) is 16.2 Å². The molecule has 2 aromatic heterocycles. The van der Waals surface area contributed by atoms with Crippen LogP contribution < -0.4 is 11.3 Å². The Morgan fingerprint density at radius 1 is 1.57 bits per heavy atom. The lowest BCUT2D eigenvalue weighted by Crippen LogP contribution is -2.07. The summed E-state index contributed by atoms with van der Waals surface area (Å²) in [5, 5.41) is 0. The van der Waals surface area contributed by atoms with E-state index >= 15 is 0 Å². The third-order valence-corrected chi connectivity index (χ3v) is 4.18. The van der Waals surface area contributed by atoms with E-state index in [1.807, 2.05) is 6.26 Å². The summed E-state index contributed by atoms with van der Waals surface area (Å²) in [6.45, 7) is 1.75. The number of nitrogens with one attached hydrogen (secondary N) is 1. The predicted molar refractivity (Wildman–Crippen MR) is 61.2 cm³/mol. The van der Waals surface area contributed by atoms with Crippen LogP contribution in [0.2, 0.25) is 0 Å². The van der Waals surface area contributed by atoms with Gasteiger partial charge in [-0.05, 0) is 13.2 Å². The lowest BCUT2D eigenvalue weighted by atomic mass is 10.4. The Morgan fingerprint density at radius 3 is 2.93 bits per heavy atom. The second kappa shape index (κ2) is 3.29. The normalized spacial score (nSPS) is 11.0. The van der Waals surface area contributed by atoms with Crippen LogP contribution in [0.4, 0.5) is 5.69 Å². The molecule has 0 saturated heterocycles. The van der Waals surface area contributed by atoms with Gasteiger partial charge in [0, 0.05) is 0 Å². The molecule has 0 amide bonds. The highest BCUT2D eigenvalue weighted by molar-refractivity contribution is 8.00. The van der Waals surface area contributed by atoms with E-state index in [9.17, 15) is 4.79 Å². The fourth-order valence-electron chi connectivity index (χ4n) is 1.25. The van der Waals surface area contributed by atoms with Crippen molar-refractivity contribution < 1.29 is 0 Å². The van der Waals surface area contributed by atoms with Crippen LogP contribution in [0.1, 0.15) is 5.82 Å². The Kier molecular flexibility index (Phi) is 2.24. The molecule has 0 aliphatic carbocycles. The van der Waals surface area contributed by atoms with Crippen LogP contribution in [0.25, 0.3) is 10.2 Å². The molecule has 14 heavy (non-hydrogen) atoms. The summed E-state index contributed by atoms with van der Waals surface area (Å²) < 4.78 is 1.56. The molecule has 0 aliphatic heterocycles. The summed E-state index contributed by atoms with van der Waals surface area (Å²) in [4.78, 5) is 18.4. The van der Waals surface area contributed by atoms with Gasteiger partial charge in [-0.1, -0.05) is 0 Å². The Bertz CT molecular complexity index is 543. The molecule has 0 spiro atoms. The van der Waals surface area contributed by atoms with Crippen molar-refractivity contribution in [2.45, 2.75) is 11.1 Å². The van der Waals surface area contributed by atoms with E-state index in [0.29, 0.717) is 21.7 Å². The lowest BCUT2D eigenvalue weighted by Gasteiger charge is -1.93. The van der Waals surface area contributed by atoms with Gasteiger partial charge in [0.1, 0.15) is 16.0 Å². The molecule has 3 N–H and O–H groups in total. The Balaban J connectivity index is 2.92. The third-order valence-electron chi connectivity index (χ3n) is 1.85. The number of anilines is 1. The summed E-state index contributed by atoms with van der Waals surface area (Å²) in [6.07, 6.45) is 1.93. The van der Waals surface area contributed by atoms with Crippen LogP contribution in [0.3, 0.4) is 0 Å². The summed E-state index contributed by atoms with van der Waals surface area (Å²) in [6, 6.07) is 0. The van der Waals surface area contributed by atoms with Gasteiger partial charge in [0.15, 0.2) is 0 Å². The van der Waals surface area contributed by atoms with Gasteiger partial charge in [-0.3, -0.25) is 4.79 Å². The number of nitrogens with two attached hydrogens (primary N) is 1. The topological polar surface area (TPSA) is 71.8 Å². The van der Waals surface area contributed by atoms with Crippen molar-refractivity contribution in [3.05, 3.63) is 16.2 Å². The molecule has 0 aliphatic rings. The lowest BCUT2D eigenvalue weighted by molar-refractivity contribution is 1.06. The number of aryl methyl sites for hydroxylation is 1. The van der Waals surface area contributed by atoms with Gasteiger partial charge in [-0.2, -0.15) is 0 Å². The first-order chi connectivity index (χ1) is 6.63. The Hall–Kier alpha value is -1.01. The van der Waals surface area contributed by atoms with E-state index in [2.05, 4.69) is 9.97 Å². The number of hydrogen-bond acceptors (Lipinski definition) is 5. The van der Waals surface area contributed by atoms with Crippen molar-refractivity contribution in [2.24, 2.45) is 0 Å². The average Bonchev–Trinajstić information content (AvgIpc) is 2.44. The van der Waals surface area contributed by atoms with E-state index in [1.54, 1.807) is 6.92 Å². The highest BCUT2D eigenvalue weighted by Gasteiger charge is 2.12. The van der Waals surface area contributed by atoms with Crippen molar-refractivity contribution in [3.8, 4) is 0 Å². The molecule has 0 fully saturated rings. The van der Waals surface area contributed by atoms with E-state index in [4.69, 9.17) is 5.73 Å². The first kappa shape index (κ1) is 9.54. The second-order valence-corrected chi connectivity index (χ2v) is 4.93. The van der Waals surface area contributed by atoms with Gasteiger partial charge < -0.3 is 10.7 Å². The number of thioether (sulfide) groups is 1. The second-order valence-electron chi connectivity index (χ2n) is 2.84. The molecule has 2 aromatic rings. The number of nitrogens with zero attached hydrogens (tertiary/aromatic N) is 1. The maximum absolute atomic E-state index is 11.5. The number of fused-ring (bicyclic) bond motifs is 1. The quantitative estimate of drug-likeness (QED) is 0.726. The fourth-order valence-corrected chi connectivity index (χ4v) is 2.94.